The molecule has 0 aromatic heterocycles. The van der Waals surface area contributed by atoms with Gasteiger partial charge in [0.25, 0.3) is 0 Å². The zero-order valence-electron chi connectivity index (χ0n) is 11.6. The maximum atomic E-state index is 5.77. The molecule has 2 unspecified atom stereocenters. The van der Waals surface area contributed by atoms with Crippen molar-refractivity contribution in [3.05, 3.63) is 29.8 Å². The van der Waals surface area contributed by atoms with Gasteiger partial charge in [0.15, 0.2) is 0 Å². The maximum Gasteiger partial charge on any atom is 0.122 e. The van der Waals surface area contributed by atoms with Crippen LogP contribution >= 0.6 is 0 Å². The topological polar surface area (TPSA) is 21.3 Å². The molecule has 2 nitrogen and oxygen atoms in total. The Morgan fingerprint density at radius 2 is 2.06 bits per heavy atom. The van der Waals surface area contributed by atoms with Crippen LogP contribution in [-0.4, -0.2) is 19.2 Å². The molecule has 0 radical (unpaired) electrons. The van der Waals surface area contributed by atoms with Gasteiger partial charge >= 0.3 is 0 Å². The molecule has 0 amide bonds. The molecule has 0 bridgehead atoms. The molecular weight excluding hydrogens is 222 g/mol. The molecule has 1 aliphatic carbocycles. The highest BCUT2D eigenvalue weighted by Gasteiger charge is 2.29. The summed E-state index contributed by atoms with van der Waals surface area (Å²) in [6.07, 6.45) is 5.11. The van der Waals surface area contributed by atoms with Gasteiger partial charge in [-0.2, -0.15) is 0 Å². The Hall–Kier alpha value is -1.02. The van der Waals surface area contributed by atoms with Crippen LogP contribution in [0.3, 0.4) is 0 Å². The fourth-order valence-corrected chi connectivity index (χ4v) is 2.98. The van der Waals surface area contributed by atoms with Crippen molar-refractivity contribution in [2.24, 2.45) is 0 Å². The monoisotopic (exact) mass is 247 g/mol. The highest BCUT2D eigenvalue weighted by molar-refractivity contribution is 5.37. The quantitative estimate of drug-likeness (QED) is 0.827. The number of hydrogen-bond donors (Lipinski definition) is 1. The molecule has 2 atom stereocenters. The molecule has 0 saturated heterocycles. The third-order valence-electron chi connectivity index (χ3n) is 3.79. The van der Waals surface area contributed by atoms with Crippen LogP contribution in [-0.2, 0) is 0 Å². The largest absolute Gasteiger partial charge is 0.494 e. The standard InChI is InChI=1S/C16H25NO/c1-3-12-17-15-10-7-9-13(15)14-8-5-6-11-16(14)18-4-2/h5-6,8,11,13,15,17H,3-4,7,9-10,12H2,1-2H3. The van der Waals surface area contributed by atoms with Crippen molar-refractivity contribution < 1.29 is 4.74 Å². The van der Waals surface area contributed by atoms with Gasteiger partial charge in [-0.05, 0) is 44.4 Å². The van der Waals surface area contributed by atoms with Crippen molar-refractivity contribution in [3.63, 3.8) is 0 Å². The molecule has 1 aromatic rings. The number of para-hydroxylation sites is 1. The summed E-state index contributed by atoms with van der Waals surface area (Å²) in [5.41, 5.74) is 1.39. The Morgan fingerprint density at radius 3 is 2.83 bits per heavy atom. The summed E-state index contributed by atoms with van der Waals surface area (Å²) >= 11 is 0. The lowest BCUT2D eigenvalue weighted by Gasteiger charge is -2.23. The van der Waals surface area contributed by atoms with Crippen LogP contribution in [0, 0.1) is 0 Å². The molecule has 1 aliphatic rings. The smallest absolute Gasteiger partial charge is 0.122 e. The van der Waals surface area contributed by atoms with Gasteiger partial charge in [0.05, 0.1) is 6.61 Å². The van der Waals surface area contributed by atoms with Crippen molar-refractivity contribution in [3.8, 4) is 5.75 Å². The lowest BCUT2D eigenvalue weighted by atomic mass is 9.93. The van der Waals surface area contributed by atoms with Gasteiger partial charge in [-0.15, -0.1) is 0 Å². The van der Waals surface area contributed by atoms with E-state index < -0.39 is 0 Å². The number of rotatable bonds is 6. The number of hydrogen-bond acceptors (Lipinski definition) is 2. The minimum atomic E-state index is 0.624. The number of nitrogens with one attached hydrogen (secondary N) is 1. The Morgan fingerprint density at radius 1 is 1.22 bits per heavy atom. The van der Waals surface area contributed by atoms with Gasteiger partial charge in [-0.3, -0.25) is 0 Å². The molecule has 100 valence electrons. The summed E-state index contributed by atoms with van der Waals surface area (Å²) in [7, 11) is 0. The van der Waals surface area contributed by atoms with Crippen LogP contribution in [0.15, 0.2) is 24.3 Å². The summed E-state index contributed by atoms with van der Waals surface area (Å²) in [5.74, 6) is 1.70. The summed E-state index contributed by atoms with van der Waals surface area (Å²) in [6.45, 7) is 6.15. The van der Waals surface area contributed by atoms with E-state index in [0.717, 1.165) is 18.9 Å². The molecule has 2 rings (SSSR count). The van der Waals surface area contributed by atoms with E-state index in [1.165, 1.54) is 31.2 Å². The second-order valence-electron chi connectivity index (χ2n) is 5.07. The van der Waals surface area contributed by atoms with Crippen molar-refractivity contribution in [2.45, 2.75) is 51.5 Å². The van der Waals surface area contributed by atoms with E-state index in [0.29, 0.717) is 12.0 Å². The first-order valence-corrected chi connectivity index (χ1v) is 7.32. The predicted octanol–water partition coefficient (Wildman–Crippen LogP) is 3.72. The molecule has 2 heteroatoms. The molecule has 1 N–H and O–H groups in total. The SMILES string of the molecule is CCCNC1CCCC1c1ccccc1OCC. The normalized spacial score (nSPS) is 23.2. The maximum absolute atomic E-state index is 5.77. The van der Waals surface area contributed by atoms with Gasteiger partial charge in [-0.25, -0.2) is 0 Å². The van der Waals surface area contributed by atoms with Crippen LogP contribution < -0.4 is 10.1 Å². The summed E-state index contributed by atoms with van der Waals surface area (Å²) < 4.78 is 5.77. The van der Waals surface area contributed by atoms with Gasteiger partial charge in [0.2, 0.25) is 0 Å². The molecule has 0 spiro atoms. The van der Waals surface area contributed by atoms with E-state index in [-0.39, 0.29) is 0 Å². The van der Waals surface area contributed by atoms with E-state index in [1.54, 1.807) is 0 Å². The second-order valence-corrected chi connectivity index (χ2v) is 5.07. The first-order chi connectivity index (χ1) is 8.86. The van der Waals surface area contributed by atoms with E-state index >= 15 is 0 Å². The van der Waals surface area contributed by atoms with Gasteiger partial charge in [-0.1, -0.05) is 31.5 Å². The first kappa shape index (κ1) is 13.4. The second kappa shape index (κ2) is 6.79. The molecule has 1 saturated carbocycles. The third kappa shape index (κ3) is 3.05. The average Bonchev–Trinajstić information content (AvgIpc) is 2.85. The van der Waals surface area contributed by atoms with Crippen LogP contribution in [0.25, 0.3) is 0 Å². The molecular formula is C16H25NO. The van der Waals surface area contributed by atoms with Crippen LogP contribution in [0.5, 0.6) is 5.75 Å². The zero-order valence-corrected chi connectivity index (χ0v) is 11.6. The van der Waals surface area contributed by atoms with Crippen molar-refractivity contribution in [2.75, 3.05) is 13.2 Å². The Balaban J connectivity index is 2.13. The average molecular weight is 247 g/mol. The molecule has 18 heavy (non-hydrogen) atoms. The predicted molar refractivity (Wildman–Crippen MR) is 76.3 cm³/mol. The third-order valence-corrected chi connectivity index (χ3v) is 3.79. The van der Waals surface area contributed by atoms with Gasteiger partial charge in [0.1, 0.15) is 5.75 Å². The first-order valence-electron chi connectivity index (χ1n) is 7.32. The van der Waals surface area contributed by atoms with E-state index in [1.807, 2.05) is 0 Å². The zero-order chi connectivity index (χ0) is 12.8. The Bertz CT molecular complexity index is 364. The molecule has 1 fully saturated rings. The Labute approximate surface area is 111 Å². The van der Waals surface area contributed by atoms with Crippen molar-refractivity contribution >= 4 is 0 Å². The van der Waals surface area contributed by atoms with Crippen LogP contribution in [0.4, 0.5) is 0 Å². The van der Waals surface area contributed by atoms with Gasteiger partial charge in [0, 0.05) is 12.0 Å². The lowest BCUT2D eigenvalue weighted by Crippen LogP contribution is -2.31. The van der Waals surface area contributed by atoms with Gasteiger partial charge < -0.3 is 10.1 Å². The van der Waals surface area contributed by atoms with E-state index in [9.17, 15) is 0 Å². The van der Waals surface area contributed by atoms with Crippen molar-refractivity contribution in [1.82, 2.24) is 5.32 Å². The summed E-state index contributed by atoms with van der Waals surface area (Å²) in [4.78, 5) is 0. The van der Waals surface area contributed by atoms with Crippen LogP contribution in [0.2, 0.25) is 0 Å². The molecule has 1 aromatic carbocycles. The number of ether oxygens (including phenoxy) is 1. The molecule has 0 aliphatic heterocycles. The number of benzene rings is 1. The van der Waals surface area contributed by atoms with E-state index in [4.69, 9.17) is 4.74 Å². The minimum absolute atomic E-state index is 0.624. The fraction of sp³-hybridized carbons (Fsp3) is 0.625. The van der Waals surface area contributed by atoms with E-state index in [2.05, 4.69) is 43.4 Å². The summed E-state index contributed by atoms with van der Waals surface area (Å²) in [5, 5.41) is 3.69. The highest BCUT2D eigenvalue weighted by atomic mass is 16.5. The Kier molecular flexibility index (Phi) is 5.06. The minimum Gasteiger partial charge on any atom is -0.494 e. The molecule has 0 heterocycles. The van der Waals surface area contributed by atoms with Crippen LogP contribution in [0.1, 0.15) is 51.0 Å². The lowest BCUT2D eigenvalue weighted by molar-refractivity contribution is 0.331. The summed E-state index contributed by atoms with van der Waals surface area (Å²) in [6, 6.07) is 9.17. The highest BCUT2D eigenvalue weighted by Crippen LogP contribution is 2.38. The fourth-order valence-electron chi connectivity index (χ4n) is 2.98. The van der Waals surface area contributed by atoms with Crippen molar-refractivity contribution in [1.29, 1.82) is 0 Å².